The molecule has 0 saturated carbocycles. The first-order valence-electron chi connectivity index (χ1n) is 6.90. The van der Waals surface area contributed by atoms with Crippen LogP contribution in [0.4, 0.5) is 5.69 Å². The molecule has 2 N–H and O–H groups in total. The molecule has 0 aliphatic carbocycles. The lowest BCUT2D eigenvalue weighted by Gasteiger charge is -2.27. The lowest BCUT2D eigenvalue weighted by Crippen LogP contribution is -2.32. The van der Waals surface area contributed by atoms with Gasteiger partial charge in [-0.1, -0.05) is 19.1 Å². The minimum Gasteiger partial charge on any atom is -0.378 e. The maximum atomic E-state index is 6.28. The first-order valence-corrected chi connectivity index (χ1v) is 6.90. The molecule has 1 saturated heterocycles. The first kappa shape index (κ1) is 13.4. The normalized spacial score (nSPS) is 24.4. The first-order chi connectivity index (χ1) is 8.63. The number of nitrogens with zero attached hydrogens (tertiary/aromatic N) is 2. The third-order valence-electron chi connectivity index (χ3n) is 3.81. The van der Waals surface area contributed by atoms with E-state index in [4.69, 9.17) is 5.73 Å². The van der Waals surface area contributed by atoms with Gasteiger partial charge in [-0.25, -0.2) is 0 Å². The van der Waals surface area contributed by atoms with Gasteiger partial charge in [0.1, 0.15) is 0 Å². The molecule has 100 valence electrons. The van der Waals surface area contributed by atoms with E-state index in [1.165, 1.54) is 17.7 Å². The molecule has 0 radical (unpaired) electrons. The highest BCUT2D eigenvalue weighted by molar-refractivity contribution is 5.46. The van der Waals surface area contributed by atoms with Crippen molar-refractivity contribution in [2.24, 2.45) is 5.73 Å². The highest BCUT2D eigenvalue weighted by Crippen LogP contribution is 2.31. The van der Waals surface area contributed by atoms with Gasteiger partial charge < -0.3 is 10.6 Å². The molecule has 18 heavy (non-hydrogen) atoms. The van der Waals surface area contributed by atoms with Crippen molar-refractivity contribution in [3.63, 3.8) is 0 Å². The Kier molecular flexibility index (Phi) is 4.25. The third-order valence-corrected chi connectivity index (χ3v) is 3.81. The molecule has 1 aliphatic rings. The molecular weight excluding hydrogens is 222 g/mol. The summed E-state index contributed by atoms with van der Waals surface area (Å²) >= 11 is 0. The second kappa shape index (κ2) is 5.72. The van der Waals surface area contributed by atoms with Crippen LogP contribution >= 0.6 is 0 Å². The smallest absolute Gasteiger partial charge is 0.0499 e. The van der Waals surface area contributed by atoms with Crippen molar-refractivity contribution < 1.29 is 0 Å². The summed E-state index contributed by atoms with van der Waals surface area (Å²) < 4.78 is 0. The van der Waals surface area contributed by atoms with Gasteiger partial charge in [0.25, 0.3) is 0 Å². The lowest BCUT2D eigenvalue weighted by atomic mass is 10.0. The molecule has 1 aromatic carbocycles. The zero-order chi connectivity index (χ0) is 13.1. The molecule has 0 bridgehead atoms. The van der Waals surface area contributed by atoms with E-state index < -0.39 is 0 Å². The number of hydrogen-bond acceptors (Lipinski definition) is 3. The zero-order valence-corrected chi connectivity index (χ0v) is 11.8. The van der Waals surface area contributed by atoms with Crippen molar-refractivity contribution >= 4 is 5.69 Å². The van der Waals surface area contributed by atoms with E-state index in [9.17, 15) is 0 Å². The second-order valence-corrected chi connectivity index (χ2v) is 5.42. The lowest BCUT2D eigenvalue weighted by molar-refractivity contribution is 0.248. The quantitative estimate of drug-likeness (QED) is 0.885. The third kappa shape index (κ3) is 2.68. The molecule has 2 atom stereocenters. The van der Waals surface area contributed by atoms with E-state index in [0.717, 1.165) is 19.5 Å². The SMILES string of the molecule is CCCN1CC[C@@H](N)[C@@H]1c1ccc(N(C)C)cc1. The van der Waals surface area contributed by atoms with Crippen molar-refractivity contribution in [3.8, 4) is 0 Å². The number of anilines is 1. The maximum Gasteiger partial charge on any atom is 0.0499 e. The Bertz CT molecular complexity index is 370. The van der Waals surface area contributed by atoms with Crippen molar-refractivity contribution in [2.75, 3.05) is 32.1 Å². The van der Waals surface area contributed by atoms with Crippen LogP contribution in [0, 0.1) is 0 Å². The van der Waals surface area contributed by atoms with Gasteiger partial charge in [0.05, 0.1) is 0 Å². The standard InChI is InChI=1S/C15H25N3/c1-4-10-18-11-9-14(16)15(18)12-5-7-13(8-6-12)17(2)3/h5-8,14-15H,4,9-11,16H2,1-3H3/t14-,15+/m1/s1. The summed E-state index contributed by atoms with van der Waals surface area (Å²) in [6.07, 6.45) is 2.30. The minimum atomic E-state index is 0.279. The molecule has 3 heteroatoms. The fraction of sp³-hybridized carbons (Fsp3) is 0.600. The largest absolute Gasteiger partial charge is 0.378 e. The maximum absolute atomic E-state index is 6.28. The van der Waals surface area contributed by atoms with Crippen LogP contribution in [0.1, 0.15) is 31.4 Å². The fourth-order valence-electron chi connectivity index (χ4n) is 2.85. The summed E-state index contributed by atoms with van der Waals surface area (Å²) in [5, 5.41) is 0. The van der Waals surface area contributed by atoms with E-state index in [0.29, 0.717) is 6.04 Å². The van der Waals surface area contributed by atoms with Gasteiger partial charge in [-0.05, 0) is 37.1 Å². The van der Waals surface area contributed by atoms with Crippen LogP contribution in [0.25, 0.3) is 0 Å². The number of likely N-dealkylation sites (tertiary alicyclic amines) is 1. The fourth-order valence-corrected chi connectivity index (χ4v) is 2.85. The van der Waals surface area contributed by atoms with E-state index in [1.807, 2.05) is 0 Å². The number of hydrogen-bond donors (Lipinski definition) is 1. The van der Waals surface area contributed by atoms with Gasteiger partial charge in [-0.15, -0.1) is 0 Å². The van der Waals surface area contributed by atoms with E-state index in [2.05, 4.69) is 55.1 Å². The monoisotopic (exact) mass is 247 g/mol. The summed E-state index contributed by atoms with van der Waals surface area (Å²) in [4.78, 5) is 4.65. The van der Waals surface area contributed by atoms with Crippen LogP contribution in [0.2, 0.25) is 0 Å². The van der Waals surface area contributed by atoms with Crippen LogP contribution in [0.5, 0.6) is 0 Å². The summed E-state index contributed by atoms with van der Waals surface area (Å²) in [6.45, 7) is 4.51. The Morgan fingerprint density at radius 2 is 1.94 bits per heavy atom. The average Bonchev–Trinajstić information content (AvgIpc) is 2.71. The van der Waals surface area contributed by atoms with E-state index >= 15 is 0 Å². The molecule has 1 aromatic rings. The van der Waals surface area contributed by atoms with Crippen molar-refractivity contribution in [1.29, 1.82) is 0 Å². The van der Waals surface area contributed by atoms with Crippen LogP contribution < -0.4 is 10.6 Å². The molecule has 2 rings (SSSR count). The summed E-state index contributed by atoms with van der Waals surface area (Å²) in [7, 11) is 4.14. The molecule has 1 heterocycles. The molecular formula is C15H25N3. The second-order valence-electron chi connectivity index (χ2n) is 5.42. The number of nitrogens with two attached hydrogens (primary N) is 1. The number of rotatable bonds is 4. The predicted octanol–water partition coefficient (Wildman–Crippen LogP) is 2.24. The van der Waals surface area contributed by atoms with Crippen molar-refractivity contribution in [3.05, 3.63) is 29.8 Å². The summed E-state index contributed by atoms with van der Waals surface area (Å²) in [5.41, 5.74) is 8.88. The van der Waals surface area contributed by atoms with Gasteiger partial charge in [0.2, 0.25) is 0 Å². The highest BCUT2D eigenvalue weighted by Gasteiger charge is 2.31. The molecule has 1 aliphatic heterocycles. The average molecular weight is 247 g/mol. The van der Waals surface area contributed by atoms with Crippen molar-refractivity contribution in [1.82, 2.24) is 4.90 Å². The molecule has 1 fully saturated rings. The zero-order valence-electron chi connectivity index (χ0n) is 11.8. The molecule has 0 amide bonds. The van der Waals surface area contributed by atoms with Gasteiger partial charge in [-0.2, -0.15) is 0 Å². The minimum absolute atomic E-state index is 0.279. The van der Waals surface area contributed by atoms with Gasteiger partial charge in [0, 0.05) is 38.4 Å². The highest BCUT2D eigenvalue weighted by atomic mass is 15.2. The number of benzene rings is 1. The van der Waals surface area contributed by atoms with Gasteiger partial charge >= 0.3 is 0 Å². The Morgan fingerprint density at radius 3 is 2.50 bits per heavy atom. The predicted molar refractivity (Wildman–Crippen MR) is 78.0 cm³/mol. The Hall–Kier alpha value is -1.06. The van der Waals surface area contributed by atoms with Crippen LogP contribution in [0.15, 0.2) is 24.3 Å². The van der Waals surface area contributed by atoms with Crippen LogP contribution in [-0.4, -0.2) is 38.1 Å². The molecule has 0 spiro atoms. The molecule has 0 aromatic heterocycles. The summed E-state index contributed by atoms with van der Waals surface area (Å²) in [5.74, 6) is 0. The van der Waals surface area contributed by atoms with Crippen LogP contribution in [-0.2, 0) is 0 Å². The Balaban J connectivity index is 2.18. The Labute approximate surface area is 111 Å². The molecule has 0 unspecified atom stereocenters. The van der Waals surface area contributed by atoms with Gasteiger partial charge in [-0.3, -0.25) is 4.90 Å². The van der Waals surface area contributed by atoms with Crippen LogP contribution in [0.3, 0.4) is 0 Å². The van der Waals surface area contributed by atoms with E-state index in [-0.39, 0.29) is 6.04 Å². The molecule has 3 nitrogen and oxygen atoms in total. The van der Waals surface area contributed by atoms with E-state index in [1.54, 1.807) is 0 Å². The Morgan fingerprint density at radius 1 is 1.28 bits per heavy atom. The van der Waals surface area contributed by atoms with Gasteiger partial charge in [0.15, 0.2) is 0 Å². The summed E-state index contributed by atoms with van der Waals surface area (Å²) in [6, 6.07) is 9.51. The van der Waals surface area contributed by atoms with Crippen molar-refractivity contribution in [2.45, 2.75) is 31.8 Å². The topological polar surface area (TPSA) is 32.5 Å².